The molecule has 2 unspecified atom stereocenters. The van der Waals surface area contributed by atoms with Crippen LogP contribution in [0, 0.1) is 11.8 Å². The number of nitrogens with zero attached hydrogens (tertiary/aromatic N) is 2. The quantitative estimate of drug-likeness (QED) is 0.802. The number of aromatic nitrogens is 1. The van der Waals surface area contributed by atoms with Crippen molar-refractivity contribution in [2.75, 3.05) is 11.9 Å². The zero-order chi connectivity index (χ0) is 13.8. The lowest BCUT2D eigenvalue weighted by atomic mass is 9.85. The number of anilines is 1. The van der Waals surface area contributed by atoms with Gasteiger partial charge in [-0.3, -0.25) is 4.98 Å². The van der Waals surface area contributed by atoms with Crippen LogP contribution in [0.15, 0.2) is 18.3 Å². The Hall–Kier alpha value is -1.05. The van der Waals surface area contributed by atoms with Crippen molar-refractivity contribution in [2.45, 2.75) is 58.9 Å². The SMILES string of the molecule is CC(C)Cc1ccc(N(C)C2CCCCC2C)cn1. The fourth-order valence-electron chi connectivity index (χ4n) is 3.23. The first-order valence-electron chi connectivity index (χ1n) is 7.75. The van der Waals surface area contributed by atoms with Gasteiger partial charge in [-0.05, 0) is 43.2 Å². The number of rotatable bonds is 4. The van der Waals surface area contributed by atoms with Crippen molar-refractivity contribution in [1.82, 2.24) is 4.98 Å². The zero-order valence-electron chi connectivity index (χ0n) is 12.9. The molecule has 2 nitrogen and oxygen atoms in total. The molecule has 0 saturated heterocycles. The number of pyridine rings is 1. The molecule has 1 fully saturated rings. The van der Waals surface area contributed by atoms with Gasteiger partial charge in [0.2, 0.25) is 0 Å². The zero-order valence-corrected chi connectivity index (χ0v) is 12.9. The highest BCUT2D eigenvalue weighted by Gasteiger charge is 2.25. The van der Waals surface area contributed by atoms with Crippen LogP contribution in [0.1, 0.15) is 52.1 Å². The predicted molar refractivity (Wildman–Crippen MR) is 82.6 cm³/mol. The summed E-state index contributed by atoms with van der Waals surface area (Å²) in [5, 5.41) is 0. The Morgan fingerprint density at radius 1 is 1.26 bits per heavy atom. The molecule has 1 aromatic rings. The fourth-order valence-corrected chi connectivity index (χ4v) is 3.23. The van der Waals surface area contributed by atoms with E-state index < -0.39 is 0 Å². The standard InChI is InChI=1S/C17H28N2/c1-13(2)11-15-9-10-16(12-18-15)19(4)17-8-6-5-7-14(17)3/h9-10,12-14,17H,5-8,11H2,1-4H3. The van der Waals surface area contributed by atoms with Gasteiger partial charge in [0, 0.05) is 18.8 Å². The maximum absolute atomic E-state index is 4.62. The van der Waals surface area contributed by atoms with Gasteiger partial charge in [0.15, 0.2) is 0 Å². The Morgan fingerprint density at radius 2 is 2.00 bits per heavy atom. The Morgan fingerprint density at radius 3 is 2.58 bits per heavy atom. The molecule has 0 amide bonds. The molecule has 0 aromatic carbocycles. The van der Waals surface area contributed by atoms with E-state index in [0.717, 1.165) is 12.3 Å². The third kappa shape index (κ3) is 3.71. The second-order valence-electron chi connectivity index (χ2n) is 6.55. The maximum Gasteiger partial charge on any atom is 0.0552 e. The molecular formula is C17H28N2. The minimum Gasteiger partial charge on any atom is -0.370 e. The van der Waals surface area contributed by atoms with Crippen molar-refractivity contribution in [3.05, 3.63) is 24.0 Å². The van der Waals surface area contributed by atoms with Gasteiger partial charge in [-0.1, -0.05) is 33.6 Å². The fraction of sp³-hybridized carbons (Fsp3) is 0.706. The highest BCUT2D eigenvalue weighted by atomic mass is 15.1. The van der Waals surface area contributed by atoms with Gasteiger partial charge in [0.05, 0.1) is 11.9 Å². The van der Waals surface area contributed by atoms with Crippen LogP contribution in [0.3, 0.4) is 0 Å². The predicted octanol–water partition coefficient (Wildman–Crippen LogP) is 4.30. The second-order valence-corrected chi connectivity index (χ2v) is 6.55. The summed E-state index contributed by atoms with van der Waals surface area (Å²) in [5.74, 6) is 1.48. The largest absolute Gasteiger partial charge is 0.370 e. The molecule has 0 spiro atoms. The van der Waals surface area contributed by atoms with Gasteiger partial charge in [-0.2, -0.15) is 0 Å². The molecule has 106 valence electrons. The summed E-state index contributed by atoms with van der Waals surface area (Å²) >= 11 is 0. The summed E-state index contributed by atoms with van der Waals surface area (Å²) in [6, 6.07) is 5.12. The first-order chi connectivity index (χ1) is 9.08. The molecule has 0 bridgehead atoms. The molecule has 1 aromatic heterocycles. The normalized spacial score (nSPS) is 23.6. The van der Waals surface area contributed by atoms with Crippen molar-refractivity contribution < 1.29 is 0 Å². The maximum atomic E-state index is 4.62. The Labute approximate surface area is 118 Å². The van der Waals surface area contributed by atoms with E-state index in [0.29, 0.717) is 12.0 Å². The van der Waals surface area contributed by atoms with Crippen LogP contribution in [-0.2, 0) is 6.42 Å². The molecule has 1 saturated carbocycles. The minimum absolute atomic E-state index is 0.675. The van der Waals surface area contributed by atoms with E-state index in [1.54, 1.807) is 0 Å². The summed E-state index contributed by atoms with van der Waals surface area (Å²) in [5.41, 5.74) is 2.48. The van der Waals surface area contributed by atoms with E-state index >= 15 is 0 Å². The molecule has 0 N–H and O–H groups in total. The van der Waals surface area contributed by atoms with Crippen LogP contribution in [0.4, 0.5) is 5.69 Å². The smallest absolute Gasteiger partial charge is 0.0552 e. The van der Waals surface area contributed by atoms with Crippen LogP contribution >= 0.6 is 0 Å². The van der Waals surface area contributed by atoms with Gasteiger partial charge in [0.25, 0.3) is 0 Å². The summed E-state index contributed by atoms with van der Waals surface area (Å²) < 4.78 is 0. The van der Waals surface area contributed by atoms with Gasteiger partial charge < -0.3 is 4.90 Å². The number of hydrogen-bond acceptors (Lipinski definition) is 2. The molecular weight excluding hydrogens is 232 g/mol. The van der Waals surface area contributed by atoms with E-state index in [4.69, 9.17) is 0 Å². The molecule has 0 radical (unpaired) electrons. The molecule has 0 aliphatic heterocycles. The van der Waals surface area contributed by atoms with Crippen LogP contribution in [0.2, 0.25) is 0 Å². The van der Waals surface area contributed by atoms with E-state index in [-0.39, 0.29) is 0 Å². The van der Waals surface area contributed by atoms with E-state index in [1.165, 1.54) is 37.1 Å². The van der Waals surface area contributed by atoms with Gasteiger partial charge in [-0.25, -0.2) is 0 Å². The van der Waals surface area contributed by atoms with Gasteiger partial charge >= 0.3 is 0 Å². The third-order valence-corrected chi connectivity index (χ3v) is 4.40. The summed E-state index contributed by atoms with van der Waals surface area (Å²) in [4.78, 5) is 7.06. The van der Waals surface area contributed by atoms with E-state index in [2.05, 4.69) is 56.0 Å². The highest BCUT2D eigenvalue weighted by Crippen LogP contribution is 2.30. The molecule has 19 heavy (non-hydrogen) atoms. The van der Waals surface area contributed by atoms with Gasteiger partial charge in [-0.15, -0.1) is 0 Å². The topological polar surface area (TPSA) is 16.1 Å². The Balaban J connectivity index is 2.04. The highest BCUT2D eigenvalue weighted by molar-refractivity contribution is 5.45. The lowest BCUT2D eigenvalue weighted by Gasteiger charge is -2.37. The van der Waals surface area contributed by atoms with Crippen LogP contribution in [0.25, 0.3) is 0 Å². The Bertz CT molecular complexity index is 383. The van der Waals surface area contributed by atoms with E-state index in [1.807, 2.05) is 0 Å². The van der Waals surface area contributed by atoms with Gasteiger partial charge in [0.1, 0.15) is 0 Å². The van der Waals surface area contributed by atoms with Crippen molar-refractivity contribution in [1.29, 1.82) is 0 Å². The molecule has 1 heterocycles. The van der Waals surface area contributed by atoms with Crippen LogP contribution in [0.5, 0.6) is 0 Å². The summed E-state index contributed by atoms with van der Waals surface area (Å²) in [7, 11) is 2.23. The molecule has 1 aliphatic rings. The van der Waals surface area contributed by atoms with Crippen molar-refractivity contribution in [2.24, 2.45) is 11.8 Å². The first kappa shape index (κ1) is 14.4. The first-order valence-corrected chi connectivity index (χ1v) is 7.75. The average molecular weight is 260 g/mol. The summed E-state index contributed by atoms with van der Waals surface area (Å²) in [6.45, 7) is 6.87. The second kappa shape index (κ2) is 6.40. The monoisotopic (exact) mass is 260 g/mol. The van der Waals surface area contributed by atoms with Crippen molar-refractivity contribution in [3.63, 3.8) is 0 Å². The third-order valence-electron chi connectivity index (χ3n) is 4.40. The summed E-state index contributed by atoms with van der Waals surface area (Å²) in [6.07, 6.45) is 8.59. The molecule has 1 aliphatic carbocycles. The molecule has 2 atom stereocenters. The average Bonchev–Trinajstić information content (AvgIpc) is 2.39. The minimum atomic E-state index is 0.675. The lowest BCUT2D eigenvalue weighted by molar-refractivity contribution is 0.321. The van der Waals surface area contributed by atoms with Crippen molar-refractivity contribution in [3.8, 4) is 0 Å². The van der Waals surface area contributed by atoms with Crippen LogP contribution < -0.4 is 4.90 Å². The molecule has 2 rings (SSSR count). The Kier molecular flexibility index (Phi) is 4.84. The van der Waals surface area contributed by atoms with Crippen molar-refractivity contribution >= 4 is 5.69 Å². The lowest BCUT2D eigenvalue weighted by Crippen LogP contribution is -2.39. The number of hydrogen-bond donors (Lipinski definition) is 0. The van der Waals surface area contributed by atoms with E-state index in [9.17, 15) is 0 Å². The van der Waals surface area contributed by atoms with Crippen LogP contribution in [-0.4, -0.2) is 18.1 Å². The molecule has 2 heteroatoms.